The molecule has 1 aromatic carbocycles. The van der Waals surface area contributed by atoms with Gasteiger partial charge in [-0.1, -0.05) is 0 Å². The molecule has 1 aromatic heterocycles. The van der Waals surface area contributed by atoms with Gasteiger partial charge in [-0.3, -0.25) is 4.79 Å². The standard InChI is InChI=1S/C17H22N2O3/c1-5-19(6-2)13-8-7-12-9-14(16(20)18-11(3)4)17(21)22-15(12)10-13/h7-11H,5-6H2,1-4H3,(H,18,20). The molecule has 2 aromatic rings. The maximum absolute atomic E-state index is 12.0. The zero-order valence-corrected chi connectivity index (χ0v) is 13.5. The van der Waals surface area contributed by atoms with Crippen LogP contribution in [0.15, 0.2) is 33.5 Å². The molecule has 0 aliphatic rings. The van der Waals surface area contributed by atoms with Crippen LogP contribution in [0.4, 0.5) is 5.69 Å². The quantitative estimate of drug-likeness (QED) is 0.863. The smallest absolute Gasteiger partial charge is 0.349 e. The minimum atomic E-state index is -0.609. The fourth-order valence-corrected chi connectivity index (χ4v) is 2.38. The van der Waals surface area contributed by atoms with Crippen molar-refractivity contribution in [3.63, 3.8) is 0 Å². The lowest BCUT2D eigenvalue weighted by Crippen LogP contribution is -2.33. The molecule has 0 radical (unpaired) electrons. The minimum absolute atomic E-state index is 0.0346. The van der Waals surface area contributed by atoms with Crippen molar-refractivity contribution in [1.82, 2.24) is 5.32 Å². The molecular weight excluding hydrogens is 280 g/mol. The van der Waals surface area contributed by atoms with E-state index in [2.05, 4.69) is 24.1 Å². The number of carbonyl (C=O) groups excluding carboxylic acids is 1. The molecule has 0 unspecified atom stereocenters. The van der Waals surface area contributed by atoms with E-state index in [1.165, 1.54) is 0 Å². The van der Waals surface area contributed by atoms with E-state index in [1.54, 1.807) is 6.07 Å². The third-order valence-corrected chi connectivity index (χ3v) is 3.51. The van der Waals surface area contributed by atoms with Crippen molar-refractivity contribution >= 4 is 22.6 Å². The van der Waals surface area contributed by atoms with Gasteiger partial charge in [-0.05, 0) is 45.9 Å². The predicted molar refractivity (Wildman–Crippen MR) is 88.6 cm³/mol. The number of anilines is 1. The molecule has 0 spiro atoms. The molecule has 0 atom stereocenters. The Bertz CT molecular complexity index is 730. The first-order valence-corrected chi connectivity index (χ1v) is 7.60. The lowest BCUT2D eigenvalue weighted by Gasteiger charge is -2.21. The van der Waals surface area contributed by atoms with Crippen LogP contribution in [0.2, 0.25) is 0 Å². The van der Waals surface area contributed by atoms with Gasteiger partial charge >= 0.3 is 5.63 Å². The third kappa shape index (κ3) is 3.30. The summed E-state index contributed by atoms with van der Waals surface area (Å²) in [6.45, 7) is 9.59. The van der Waals surface area contributed by atoms with Crippen LogP contribution in [0.25, 0.3) is 11.0 Å². The number of fused-ring (bicyclic) bond motifs is 1. The highest BCUT2D eigenvalue weighted by Gasteiger charge is 2.15. The molecule has 1 amide bonds. The summed E-state index contributed by atoms with van der Waals surface area (Å²) < 4.78 is 5.33. The van der Waals surface area contributed by atoms with E-state index in [9.17, 15) is 9.59 Å². The van der Waals surface area contributed by atoms with E-state index in [0.717, 1.165) is 24.2 Å². The zero-order valence-electron chi connectivity index (χ0n) is 13.5. The fraction of sp³-hybridized carbons (Fsp3) is 0.412. The van der Waals surface area contributed by atoms with Gasteiger partial charge in [0, 0.05) is 36.3 Å². The van der Waals surface area contributed by atoms with Gasteiger partial charge in [0.05, 0.1) is 0 Å². The van der Waals surface area contributed by atoms with Gasteiger partial charge in [0.25, 0.3) is 5.91 Å². The molecule has 1 heterocycles. The van der Waals surface area contributed by atoms with E-state index in [0.29, 0.717) is 5.58 Å². The lowest BCUT2D eigenvalue weighted by molar-refractivity contribution is 0.0939. The van der Waals surface area contributed by atoms with Crippen molar-refractivity contribution in [2.45, 2.75) is 33.7 Å². The predicted octanol–water partition coefficient (Wildman–Crippen LogP) is 2.78. The molecule has 0 bridgehead atoms. The molecule has 0 saturated carbocycles. The summed E-state index contributed by atoms with van der Waals surface area (Å²) in [5.74, 6) is -0.404. The SMILES string of the molecule is CCN(CC)c1ccc2cc(C(=O)NC(C)C)c(=O)oc2c1. The van der Waals surface area contributed by atoms with Gasteiger partial charge in [0.2, 0.25) is 0 Å². The van der Waals surface area contributed by atoms with Gasteiger partial charge in [-0.2, -0.15) is 0 Å². The maximum atomic E-state index is 12.0. The van der Waals surface area contributed by atoms with Gasteiger partial charge in [0.1, 0.15) is 11.1 Å². The van der Waals surface area contributed by atoms with Crippen molar-refractivity contribution in [3.8, 4) is 0 Å². The average Bonchev–Trinajstić information content (AvgIpc) is 2.46. The van der Waals surface area contributed by atoms with Crippen LogP contribution in [0.5, 0.6) is 0 Å². The number of benzene rings is 1. The Morgan fingerprint density at radius 2 is 1.91 bits per heavy atom. The highest BCUT2D eigenvalue weighted by atomic mass is 16.4. The zero-order chi connectivity index (χ0) is 16.3. The van der Waals surface area contributed by atoms with E-state index < -0.39 is 11.5 Å². The summed E-state index contributed by atoms with van der Waals surface area (Å²) in [5.41, 5.74) is 0.926. The van der Waals surface area contributed by atoms with E-state index in [1.807, 2.05) is 32.0 Å². The number of hydrogen-bond acceptors (Lipinski definition) is 4. The molecule has 0 aliphatic carbocycles. The first kappa shape index (κ1) is 16.1. The Kier molecular flexibility index (Phi) is 4.85. The largest absolute Gasteiger partial charge is 0.422 e. The van der Waals surface area contributed by atoms with Crippen molar-refractivity contribution in [1.29, 1.82) is 0 Å². The monoisotopic (exact) mass is 302 g/mol. The summed E-state index contributed by atoms with van der Waals surface area (Å²) in [4.78, 5) is 26.2. The van der Waals surface area contributed by atoms with E-state index in [-0.39, 0.29) is 11.6 Å². The number of nitrogens with zero attached hydrogens (tertiary/aromatic N) is 1. The number of carbonyl (C=O) groups is 1. The molecule has 0 fully saturated rings. The number of amides is 1. The van der Waals surface area contributed by atoms with Crippen LogP contribution < -0.4 is 15.8 Å². The van der Waals surface area contributed by atoms with Crippen LogP contribution in [0, 0.1) is 0 Å². The van der Waals surface area contributed by atoms with Crippen LogP contribution >= 0.6 is 0 Å². The first-order valence-electron chi connectivity index (χ1n) is 7.60. The van der Waals surface area contributed by atoms with Gasteiger partial charge in [-0.25, -0.2) is 4.79 Å². The Labute approximate surface area is 129 Å². The fourth-order valence-electron chi connectivity index (χ4n) is 2.38. The number of nitrogens with one attached hydrogen (secondary N) is 1. The minimum Gasteiger partial charge on any atom is -0.422 e. The highest BCUT2D eigenvalue weighted by Crippen LogP contribution is 2.21. The van der Waals surface area contributed by atoms with E-state index in [4.69, 9.17) is 4.42 Å². The van der Waals surface area contributed by atoms with Crippen LogP contribution in [0.1, 0.15) is 38.1 Å². The molecule has 0 aliphatic heterocycles. The second kappa shape index (κ2) is 6.64. The Balaban J connectivity index is 2.46. The Hall–Kier alpha value is -2.30. The number of hydrogen-bond donors (Lipinski definition) is 1. The summed E-state index contributed by atoms with van der Waals surface area (Å²) in [6.07, 6.45) is 0. The second-order valence-electron chi connectivity index (χ2n) is 5.47. The Morgan fingerprint density at radius 1 is 1.23 bits per heavy atom. The Morgan fingerprint density at radius 3 is 2.50 bits per heavy atom. The lowest BCUT2D eigenvalue weighted by atomic mass is 10.1. The number of rotatable bonds is 5. The topological polar surface area (TPSA) is 62.6 Å². The summed E-state index contributed by atoms with van der Waals surface area (Å²) >= 11 is 0. The molecule has 5 heteroatoms. The van der Waals surface area contributed by atoms with Crippen molar-refractivity contribution < 1.29 is 9.21 Å². The molecular formula is C17H22N2O3. The maximum Gasteiger partial charge on any atom is 0.349 e. The second-order valence-corrected chi connectivity index (χ2v) is 5.47. The van der Waals surface area contributed by atoms with Crippen LogP contribution in [0.3, 0.4) is 0 Å². The molecule has 22 heavy (non-hydrogen) atoms. The molecule has 5 nitrogen and oxygen atoms in total. The normalized spacial score (nSPS) is 11.0. The van der Waals surface area contributed by atoms with Gasteiger partial charge in [-0.15, -0.1) is 0 Å². The van der Waals surface area contributed by atoms with Crippen LogP contribution in [-0.4, -0.2) is 25.0 Å². The van der Waals surface area contributed by atoms with Crippen molar-refractivity contribution in [2.24, 2.45) is 0 Å². The van der Waals surface area contributed by atoms with Crippen LogP contribution in [-0.2, 0) is 0 Å². The summed E-state index contributed by atoms with van der Waals surface area (Å²) in [7, 11) is 0. The van der Waals surface area contributed by atoms with Crippen molar-refractivity contribution in [3.05, 3.63) is 40.2 Å². The average molecular weight is 302 g/mol. The molecule has 2 rings (SSSR count). The van der Waals surface area contributed by atoms with Gasteiger partial charge in [0.15, 0.2) is 0 Å². The van der Waals surface area contributed by atoms with Gasteiger partial charge < -0.3 is 14.6 Å². The van der Waals surface area contributed by atoms with E-state index >= 15 is 0 Å². The third-order valence-electron chi connectivity index (χ3n) is 3.51. The highest BCUT2D eigenvalue weighted by molar-refractivity contribution is 5.97. The molecule has 118 valence electrons. The first-order chi connectivity index (χ1) is 10.5. The summed E-state index contributed by atoms with van der Waals surface area (Å²) in [5, 5.41) is 3.45. The molecule has 1 N–H and O–H groups in total. The van der Waals surface area contributed by atoms with Crippen molar-refractivity contribution in [2.75, 3.05) is 18.0 Å². The summed E-state index contributed by atoms with van der Waals surface area (Å²) in [6, 6.07) is 7.24. The molecule has 0 saturated heterocycles.